The zero-order valence-electron chi connectivity index (χ0n) is 23.3. The van der Waals surface area contributed by atoms with Crippen molar-refractivity contribution >= 4 is 11.8 Å². The smallest absolute Gasteiger partial charge is 0.247 e. The first-order chi connectivity index (χ1) is 18.9. The highest BCUT2D eigenvalue weighted by atomic mass is 19.1. The molecule has 4 aliphatic rings. The average molecular weight is 548 g/mol. The lowest BCUT2D eigenvalue weighted by Gasteiger charge is -2.54. The number of carbonyl (C=O) groups is 2. The molecule has 1 aromatic carbocycles. The maximum absolute atomic E-state index is 16.9. The summed E-state index contributed by atoms with van der Waals surface area (Å²) < 4.78 is 42.4. The van der Waals surface area contributed by atoms with Crippen molar-refractivity contribution in [2.24, 2.45) is 11.3 Å². The van der Waals surface area contributed by atoms with Gasteiger partial charge >= 0.3 is 0 Å². The number of amides is 2. The fourth-order valence-electron chi connectivity index (χ4n) is 7.15. The molecule has 3 saturated heterocycles. The van der Waals surface area contributed by atoms with E-state index < -0.39 is 23.8 Å². The molecule has 0 bridgehead atoms. The van der Waals surface area contributed by atoms with Crippen molar-refractivity contribution in [3.05, 3.63) is 35.1 Å². The fourth-order valence-corrected chi connectivity index (χ4v) is 7.15. The van der Waals surface area contributed by atoms with E-state index in [9.17, 15) is 14.0 Å². The molecular formula is C30H43F2N3O4. The Morgan fingerprint density at radius 2 is 1.74 bits per heavy atom. The Kier molecular flexibility index (Phi) is 8.88. The Labute approximate surface area is 230 Å². The van der Waals surface area contributed by atoms with Gasteiger partial charge in [0.2, 0.25) is 11.8 Å². The Morgan fingerprint density at radius 3 is 2.33 bits per heavy atom. The molecule has 2 amide bonds. The van der Waals surface area contributed by atoms with Gasteiger partial charge in [0.15, 0.2) is 0 Å². The molecule has 0 aromatic heterocycles. The second-order valence-corrected chi connectivity index (χ2v) is 12.0. The number of carbonyl (C=O) groups excluding carboxylic acids is 2. The predicted octanol–water partition coefficient (Wildman–Crippen LogP) is 4.11. The van der Waals surface area contributed by atoms with Crippen LogP contribution in [0, 0.1) is 24.1 Å². The molecule has 1 aromatic rings. The number of ether oxygens (including phenoxy) is 2. The van der Waals surface area contributed by atoms with Gasteiger partial charge in [-0.15, -0.1) is 0 Å². The molecular weight excluding hydrogens is 504 g/mol. The molecule has 3 aliphatic heterocycles. The number of nitrogens with one attached hydrogen (secondary N) is 1. The van der Waals surface area contributed by atoms with Gasteiger partial charge in [0.25, 0.3) is 0 Å². The van der Waals surface area contributed by atoms with Gasteiger partial charge in [0.1, 0.15) is 30.7 Å². The number of hydrogen-bond donors (Lipinski definition) is 1. The minimum Gasteiger partial charge on any atom is -0.380 e. The van der Waals surface area contributed by atoms with Crippen molar-refractivity contribution in [1.29, 1.82) is 0 Å². The Morgan fingerprint density at radius 1 is 1.08 bits per heavy atom. The number of nitrogens with zero attached hydrogens (tertiary/aromatic N) is 2. The largest absolute Gasteiger partial charge is 0.380 e. The lowest BCUT2D eigenvalue weighted by molar-refractivity contribution is -0.181. The van der Waals surface area contributed by atoms with E-state index in [1.807, 2.05) is 0 Å². The van der Waals surface area contributed by atoms with Gasteiger partial charge in [-0.05, 0) is 37.0 Å². The van der Waals surface area contributed by atoms with Gasteiger partial charge in [0.05, 0.1) is 19.3 Å². The zero-order valence-corrected chi connectivity index (χ0v) is 23.3. The molecule has 5 rings (SSSR count). The van der Waals surface area contributed by atoms with E-state index in [1.54, 1.807) is 31.1 Å². The zero-order chi connectivity index (χ0) is 27.6. The number of halogens is 2. The third-order valence-electron chi connectivity index (χ3n) is 9.58. The Hall–Kier alpha value is -2.10. The van der Waals surface area contributed by atoms with Crippen LogP contribution in [0.2, 0.25) is 0 Å². The summed E-state index contributed by atoms with van der Waals surface area (Å²) in [6.07, 6.45) is 6.46. The number of alkyl halides is 1. The third kappa shape index (κ3) is 5.59. The molecule has 1 spiro atoms. The second kappa shape index (κ2) is 12.2. The fraction of sp³-hybridized carbons (Fsp3) is 0.733. The van der Waals surface area contributed by atoms with Crippen LogP contribution in [-0.4, -0.2) is 79.5 Å². The third-order valence-corrected chi connectivity index (χ3v) is 9.58. The van der Waals surface area contributed by atoms with Gasteiger partial charge in [-0.3, -0.25) is 14.9 Å². The summed E-state index contributed by atoms with van der Waals surface area (Å²) in [5, 5.41) is 3.25. The van der Waals surface area contributed by atoms with Gasteiger partial charge < -0.3 is 19.3 Å². The number of aryl methyl sites for hydroxylation is 1. The minimum atomic E-state index is -1.36. The van der Waals surface area contributed by atoms with E-state index in [-0.39, 0.29) is 42.7 Å². The van der Waals surface area contributed by atoms with Crippen molar-refractivity contribution in [3.8, 4) is 0 Å². The van der Waals surface area contributed by atoms with Gasteiger partial charge in [0, 0.05) is 31.5 Å². The van der Waals surface area contributed by atoms with Crippen molar-refractivity contribution in [3.63, 3.8) is 0 Å². The lowest BCUT2D eigenvalue weighted by atomic mass is 9.66. The summed E-state index contributed by atoms with van der Waals surface area (Å²) >= 11 is 0. The summed E-state index contributed by atoms with van der Waals surface area (Å²) in [5.74, 6) is -1.03. The van der Waals surface area contributed by atoms with Crippen molar-refractivity contribution in [1.82, 2.24) is 15.1 Å². The molecule has 216 valence electrons. The van der Waals surface area contributed by atoms with Crippen LogP contribution in [0.25, 0.3) is 0 Å². The van der Waals surface area contributed by atoms with E-state index in [0.717, 1.165) is 38.5 Å². The van der Waals surface area contributed by atoms with Gasteiger partial charge in [-0.2, -0.15) is 0 Å². The highest BCUT2D eigenvalue weighted by Gasteiger charge is 2.56. The first kappa shape index (κ1) is 28.4. The maximum Gasteiger partial charge on any atom is 0.247 e. The lowest BCUT2D eigenvalue weighted by Crippen LogP contribution is -2.73. The number of piperidine rings is 1. The molecule has 7 nitrogen and oxygen atoms in total. The summed E-state index contributed by atoms with van der Waals surface area (Å²) in [5.41, 5.74) is 0.452. The minimum absolute atomic E-state index is 0.129. The van der Waals surface area contributed by atoms with Gasteiger partial charge in [-0.25, -0.2) is 8.78 Å². The van der Waals surface area contributed by atoms with Crippen LogP contribution in [0.4, 0.5) is 8.78 Å². The van der Waals surface area contributed by atoms with E-state index in [4.69, 9.17) is 9.47 Å². The molecule has 39 heavy (non-hydrogen) atoms. The van der Waals surface area contributed by atoms with Crippen LogP contribution in [0.3, 0.4) is 0 Å². The summed E-state index contributed by atoms with van der Waals surface area (Å²) in [7, 11) is 1.65. The van der Waals surface area contributed by atoms with Crippen LogP contribution in [0.1, 0.15) is 68.9 Å². The van der Waals surface area contributed by atoms with Crippen molar-refractivity contribution in [2.75, 3.05) is 33.4 Å². The molecule has 4 atom stereocenters. The topological polar surface area (TPSA) is 71.1 Å². The standard InChI is InChI=1S/C30H43F2N3O4/c1-20-10-11-21(14-23(20)31)16-34-25(36)17-35(29(37)26(34)22-18-39-19-22)28-27(32)30(24(38-2)15-33-28)12-8-6-4-3-5-7-9-13-30/h10-11,14,22,24,26-28,33H,3-9,12-13,15-19H2,1-2H3/t24?,26-,27?,28?/m1/s1. The van der Waals surface area contributed by atoms with Crippen LogP contribution >= 0.6 is 0 Å². The number of methoxy groups -OCH3 is 1. The summed E-state index contributed by atoms with van der Waals surface area (Å²) in [6.45, 7) is 2.77. The number of piperazine rings is 1. The van der Waals surface area contributed by atoms with E-state index in [1.165, 1.54) is 17.4 Å². The molecule has 1 saturated carbocycles. The first-order valence-electron chi connectivity index (χ1n) is 14.7. The number of rotatable bonds is 5. The maximum atomic E-state index is 16.9. The van der Waals surface area contributed by atoms with Crippen LogP contribution in [0.15, 0.2) is 18.2 Å². The van der Waals surface area contributed by atoms with Gasteiger partial charge in [-0.1, -0.05) is 57.1 Å². The van der Waals surface area contributed by atoms with Crippen LogP contribution in [-0.2, 0) is 25.6 Å². The SMILES string of the molecule is COC1CNC(N2CC(=O)N(Cc3ccc(C)c(F)c3)[C@H](C3COC3)C2=O)C(F)C12CCCCCCCCC2. The Balaban J connectivity index is 1.40. The molecule has 4 fully saturated rings. The highest BCUT2D eigenvalue weighted by Crippen LogP contribution is 2.46. The molecule has 3 unspecified atom stereocenters. The molecule has 0 radical (unpaired) electrons. The predicted molar refractivity (Wildman–Crippen MR) is 143 cm³/mol. The highest BCUT2D eigenvalue weighted by molar-refractivity contribution is 5.95. The monoisotopic (exact) mass is 547 g/mol. The number of hydrogen-bond acceptors (Lipinski definition) is 5. The first-order valence-corrected chi connectivity index (χ1v) is 14.7. The van der Waals surface area contributed by atoms with Crippen molar-refractivity contribution in [2.45, 2.75) is 95.7 Å². The van der Waals surface area contributed by atoms with Crippen LogP contribution in [0.5, 0.6) is 0 Å². The summed E-state index contributed by atoms with van der Waals surface area (Å²) in [6, 6.07) is 4.12. The normalized spacial score (nSPS) is 30.9. The quantitative estimate of drug-likeness (QED) is 0.601. The Bertz CT molecular complexity index is 1030. The molecule has 1 N–H and O–H groups in total. The van der Waals surface area contributed by atoms with E-state index in [0.29, 0.717) is 43.7 Å². The average Bonchev–Trinajstić information content (AvgIpc) is 2.90. The molecule has 3 heterocycles. The second-order valence-electron chi connectivity index (χ2n) is 12.0. The van der Waals surface area contributed by atoms with Crippen molar-refractivity contribution < 1.29 is 27.8 Å². The molecule has 1 aliphatic carbocycles. The van der Waals surface area contributed by atoms with Crippen LogP contribution < -0.4 is 5.32 Å². The summed E-state index contributed by atoms with van der Waals surface area (Å²) in [4.78, 5) is 30.7. The van der Waals surface area contributed by atoms with E-state index in [2.05, 4.69) is 5.32 Å². The molecule has 9 heteroatoms. The number of benzene rings is 1. The van der Waals surface area contributed by atoms with E-state index >= 15 is 4.39 Å².